The second-order valence-electron chi connectivity index (χ2n) is 5.11. The zero-order valence-corrected chi connectivity index (χ0v) is 10.7. The number of hydrogen-bond donors (Lipinski definition) is 2. The van der Waals surface area contributed by atoms with Gasteiger partial charge in [-0.2, -0.15) is 5.48 Å². The van der Waals surface area contributed by atoms with E-state index in [0.29, 0.717) is 19.3 Å². The number of hydroxylamine groups is 1. The minimum atomic E-state index is -0.287. The van der Waals surface area contributed by atoms with E-state index >= 15 is 0 Å². The van der Waals surface area contributed by atoms with Gasteiger partial charge in [-0.25, -0.2) is 0 Å². The molecule has 0 radical (unpaired) electrons. The van der Waals surface area contributed by atoms with Crippen LogP contribution in [0.25, 0.3) is 0 Å². The maximum atomic E-state index is 5.87. The highest BCUT2D eigenvalue weighted by atomic mass is 16.7. The molecule has 0 amide bonds. The van der Waals surface area contributed by atoms with E-state index in [0.717, 1.165) is 6.42 Å². The van der Waals surface area contributed by atoms with Gasteiger partial charge in [0.25, 0.3) is 0 Å². The average Bonchev–Trinajstić information content (AvgIpc) is 2.09. The van der Waals surface area contributed by atoms with Crippen molar-refractivity contribution in [3.63, 3.8) is 0 Å². The van der Waals surface area contributed by atoms with Crippen molar-refractivity contribution in [1.82, 2.24) is 5.48 Å². The van der Waals surface area contributed by atoms with Crippen molar-refractivity contribution in [2.45, 2.75) is 47.3 Å². The summed E-state index contributed by atoms with van der Waals surface area (Å²) in [6, 6.07) is 0. The molecular weight excluding hydrogens is 192 g/mol. The van der Waals surface area contributed by atoms with Crippen molar-refractivity contribution in [2.24, 2.45) is 17.1 Å². The summed E-state index contributed by atoms with van der Waals surface area (Å²) in [5.41, 5.74) is 8.85. The number of nitrogens with two attached hydrogens (primary N) is 1. The molecular formula is C11H26N2O2. The first-order chi connectivity index (χ1) is 6.87. The molecule has 0 aliphatic rings. The van der Waals surface area contributed by atoms with E-state index in [1.165, 1.54) is 0 Å². The van der Waals surface area contributed by atoms with Crippen LogP contribution in [0, 0.1) is 11.3 Å². The van der Waals surface area contributed by atoms with Gasteiger partial charge < -0.3 is 10.5 Å². The lowest BCUT2D eigenvalue weighted by atomic mass is 9.85. The quantitative estimate of drug-likeness (QED) is 0.389. The number of hydrogen-bond acceptors (Lipinski definition) is 4. The first-order valence-corrected chi connectivity index (χ1v) is 5.58. The Kier molecular flexibility index (Phi) is 7.09. The van der Waals surface area contributed by atoms with Gasteiger partial charge in [-0.3, -0.25) is 4.84 Å². The highest BCUT2D eigenvalue weighted by Crippen LogP contribution is 2.25. The van der Waals surface area contributed by atoms with E-state index in [4.69, 9.17) is 15.3 Å². The molecule has 0 spiro atoms. The van der Waals surface area contributed by atoms with Gasteiger partial charge in [0, 0.05) is 6.61 Å². The van der Waals surface area contributed by atoms with E-state index in [-0.39, 0.29) is 11.6 Å². The van der Waals surface area contributed by atoms with Crippen LogP contribution in [0.5, 0.6) is 0 Å². The summed E-state index contributed by atoms with van der Waals surface area (Å²) in [7, 11) is 0. The third kappa shape index (κ3) is 8.81. The number of nitrogens with one attached hydrogen (secondary N) is 1. The lowest BCUT2D eigenvalue weighted by Crippen LogP contribution is -2.38. The molecule has 0 aliphatic carbocycles. The molecule has 0 aliphatic heterocycles. The van der Waals surface area contributed by atoms with Gasteiger partial charge in [0.05, 0.1) is 0 Å². The Morgan fingerprint density at radius 1 is 1.33 bits per heavy atom. The maximum absolute atomic E-state index is 5.87. The summed E-state index contributed by atoms with van der Waals surface area (Å²) in [6.45, 7) is 11.7. The topological polar surface area (TPSA) is 56.5 Å². The fourth-order valence-electron chi connectivity index (χ4n) is 1.47. The number of ether oxygens (including phenoxy) is 1. The van der Waals surface area contributed by atoms with Crippen LogP contribution in [0.4, 0.5) is 0 Å². The summed E-state index contributed by atoms with van der Waals surface area (Å²) in [4.78, 5) is 5.25. The van der Waals surface area contributed by atoms with E-state index in [9.17, 15) is 0 Å². The van der Waals surface area contributed by atoms with Crippen molar-refractivity contribution in [2.75, 3.05) is 13.3 Å². The van der Waals surface area contributed by atoms with E-state index in [2.05, 4.69) is 33.2 Å². The fourth-order valence-corrected chi connectivity index (χ4v) is 1.47. The zero-order valence-electron chi connectivity index (χ0n) is 10.7. The molecule has 1 unspecified atom stereocenters. The monoisotopic (exact) mass is 218 g/mol. The Hall–Kier alpha value is -0.160. The van der Waals surface area contributed by atoms with Gasteiger partial charge in [-0.05, 0) is 24.7 Å². The van der Waals surface area contributed by atoms with Crippen molar-refractivity contribution in [3.05, 3.63) is 0 Å². The summed E-state index contributed by atoms with van der Waals surface area (Å²) < 4.78 is 5.07. The molecule has 0 bridgehead atoms. The van der Waals surface area contributed by atoms with Crippen molar-refractivity contribution in [1.29, 1.82) is 0 Å². The Morgan fingerprint density at radius 3 is 2.40 bits per heavy atom. The first-order valence-electron chi connectivity index (χ1n) is 5.58. The molecule has 0 aromatic carbocycles. The Morgan fingerprint density at radius 2 is 1.93 bits per heavy atom. The normalized spacial score (nSPS) is 16.4. The van der Waals surface area contributed by atoms with Gasteiger partial charge in [-0.15, -0.1) is 0 Å². The second-order valence-corrected chi connectivity index (χ2v) is 5.11. The SMILES string of the molecule is CCOCNOC(N)[C@H](C)CC(C)(C)C. The van der Waals surface area contributed by atoms with Crippen LogP contribution in [-0.2, 0) is 9.57 Å². The van der Waals surface area contributed by atoms with E-state index in [1.54, 1.807) is 0 Å². The zero-order chi connectivity index (χ0) is 11.9. The first kappa shape index (κ1) is 14.8. The highest BCUT2D eigenvalue weighted by Gasteiger charge is 2.20. The van der Waals surface area contributed by atoms with Gasteiger partial charge in [-0.1, -0.05) is 27.7 Å². The molecule has 3 N–H and O–H groups in total. The third-order valence-electron chi connectivity index (χ3n) is 2.08. The van der Waals surface area contributed by atoms with Crippen LogP contribution in [0.1, 0.15) is 41.0 Å². The summed E-state index contributed by atoms with van der Waals surface area (Å²) >= 11 is 0. The molecule has 15 heavy (non-hydrogen) atoms. The molecule has 92 valence electrons. The molecule has 4 nitrogen and oxygen atoms in total. The van der Waals surface area contributed by atoms with Gasteiger partial charge >= 0.3 is 0 Å². The molecule has 0 aromatic rings. The Bertz CT molecular complexity index is 157. The predicted octanol–water partition coefficient (Wildman–Crippen LogP) is 1.86. The van der Waals surface area contributed by atoms with Crippen LogP contribution in [0.2, 0.25) is 0 Å². The maximum Gasteiger partial charge on any atom is 0.129 e. The smallest absolute Gasteiger partial charge is 0.129 e. The Balaban J connectivity index is 3.65. The van der Waals surface area contributed by atoms with Gasteiger partial charge in [0.1, 0.15) is 13.0 Å². The predicted molar refractivity (Wildman–Crippen MR) is 61.9 cm³/mol. The van der Waals surface area contributed by atoms with Crippen molar-refractivity contribution < 1.29 is 9.57 Å². The van der Waals surface area contributed by atoms with E-state index < -0.39 is 0 Å². The highest BCUT2D eigenvalue weighted by molar-refractivity contribution is 4.69. The standard InChI is InChI=1S/C11H26N2O2/c1-6-14-8-13-15-10(12)9(2)7-11(3,4)5/h9-10,13H,6-8,12H2,1-5H3/t9-,10?/m1/s1. The fraction of sp³-hybridized carbons (Fsp3) is 1.00. The van der Waals surface area contributed by atoms with Crippen LogP contribution in [0.15, 0.2) is 0 Å². The second kappa shape index (κ2) is 7.17. The van der Waals surface area contributed by atoms with Crippen LogP contribution >= 0.6 is 0 Å². The molecule has 0 heterocycles. The molecule has 0 rings (SSSR count). The molecule has 0 saturated carbocycles. The van der Waals surface area contributed by atoms with Gasteiger partial charge in [0.2, 0.25) is 0 Å². The van der Waals surface area contributed by atoms with E-state index in [1.807, 2.05) is 6.92 Å². The number of rotatable bonds is 7. The molecule has 0 aromatic heterocycles. The largest absolute Gasteiger partial charge is 0.364 e. The van der Waals surface area contributed by atoms with Crippen molar-refractivity contribution >= 4 is 0 Å². The summed E-state index contributed by atoms with van der Waals surface area (Å²) in [5.74, 6) is 0.319. The van der Waals surface area contributed by atoms with Crippen LogP contribution in [0.3, 0.4) is 0 Å². The van der Waals surface area contributed by atoms with Crippen LogP contribution in [-0.4, -0.2) is 19.6 Å². The minimum absolute atomic E-state index is 0.278. The molecule has 4 heteroatoms. The van der Waals surface area contributed by atoms with Crippen molar-refractivity contribution in [3.8, 4) is 0 Å². The van der Waals surface area contributed by atoms with Gasteiger partial charge in [0.15, 0.2) is 0 Å². The third-order valence-corrected chi connectivity index (χ3v) is 2.08. The average molecular weight is 218 g/mol. The molecule has 0 fully saturated rings. The molecule has 2 atom stereocenters. The van der Waals surface area contributed by atoms with Crippen LogP contribution < -0.4 is 11.2 Å². The molecule has 0 saturated heterocycles. The minimum Gasteiger partial charge on any atom is -0.364 e. The summed E-state index contributed by atoms with van der Waals surface area (Å²) in [6.07, 6.45) is 0.745. The Labute approximate surface area is 93.5 Å². The summed E-state index contributed by atoms with van der Waals surface area (Å²) in [5, 5.41) is 0. The lowest BCUT2D eigenvalue weighted by molar-refractivity contribution is -0.0929. The lowest BCUT2D eigenvalue weighted by Gasteiger charge is -2.27.